The zero-order valence-corrected chi connectivity index (χ0v) is 20.4. The molecule has 186 valence electrons. The number of anilines is 1. The van der Waals surface area contributed by atoms with Crippen molar-refractivity contribution in [2.45, 2.75) is 26.9 Å². The largest absolute Gasteiger partial charge is 0.416 e. The summed E-state index contributed by atoms with van der Waals surface area (Å²) in [6, 6.07) is 13.5. The van der Waals surface area contributed by atoms with E-state index in [1.54, 1.807) is 0 Å². The monoisotopic (exact) mass is 506 g/mol. The van der Waals surface area contributed by atoms with E-state index in [0.29, 0.717) is 10.4 Å². The zero-order chi connectivity index (χ0) is 26.0. The number of aryl methyl sites for hydroxylation is 2. The highest BCUT2D eigenvalue weighted by atomic mass is 32.2. The Kier molecular flexibility index (Phi) is 7.39. The molecule has 3 rings (SSSR count). The fourth-order valence-electron chi connectivity index (χ4n) is 3.68. The number of carbonyl (C=O) groups excluding carboxylic acids is 1. The number of para-hydroxylation sites is 1. The van der Waals surface area contributed by atoms with Crippen molar-refractivity contribution in [3.63, 3.8) is 0 Å². The fraction of sp³-hybridized carbons (Fsp3) is 0.250. The molecule has 0 aliphatic carbocycles. The molecule has 1 heterocycles. The maximum Gasteiger partial charge on any atom is 0.416 e. The molecule has 0 radical (unpaired) electrons. The van der Waals surface area contributed by atoms with Gasteiger partial charge in [-0.2, -0.15) is 18.3 Å². The lowest BCUT2D eigenvalue weighted by Gasteiger charge is -2.22. The first-order valence-corrected chi connectivity index (χ1v) is 12.4. The molecule has 0 unspecified atom stereocenters. The number of carbonyl (C=O) groups is 1. The van der Waals surface area contributed by atoms with Crippen molar-refractivity contribution < 1.29 is 26.4 Å². The van der Waals surface area contributed by atoms with Crippen molar-refractivity contribution in [3.05, 3.63) is 82.7 Å². The summed E-state index contributed by atoms with van der Waals surface area (Å²) in [5.74, 6) is -0.809. The van der Waals surface area contributed by atoms with Crippen LogP contribution in [-0.4, -0.2) is 37.9 Å². The van der Waals surface area contributed by atoms with Crippen LogP contribution >= 0.6 is 0 Å². The van der Waals surface area contributed by atoms with E-state index in [1.807, 2.05) is 51.1 Å². The van der Waals surface area contributed by atoms with Gasteiger partial charge in [0, 0.05) is 22.6 Å². The first-order valence-electron chi connectivity index (χ1n) is 10.5. The summed E-state index contributed by atoms with van der Waals surface area (Å²) in [5.41, 5.74) is 5.63. The van der Waals surface area contributed by atoms with Gasteiger partial charge in [0.25, 0.3) is 5.91 Å². The quantitative estimate of drug-likeness (QED) is 0.382. The van der Waals surface area contributed by atoms with E-state index >= 15 is 0 Å². The van der Waals surface area contributed by atoms with E-state index in [0.717, 1.165) is 46.6 Å². The normalized spacial score (nSPS) is 12.2. The predicted molar refractivity (Wildman–Crippen MR) is 129 cm³/mol. The Morgan fingerprint density at radius 3 is 2.40 bits per heavy atom. The molecule has 1 N–H and O–H groups in total. The fourth-order valence-corrected chi connectivity index (χ4v) is 4.53. The van der Waals surface area contributed by atoms with Crippen LogP contribution in [0.5, 0.6) is 0 Å². The van der Waals surface area contributed by atoms with Crippen LogP contribution in [0.3, 0.4) is 0 Å². The van der Waals surface area contributed by atoms with Gasteiger partial charge in [0.15, 0.2) is 0 Å². The van der Waals surface area contributed by atoms with E-state index in [-0.39, 0.29) is 5.69 Å². The van der Waals surface area contributed by atoms with Crippen molar-refractivity contribution in [1.82, 2.24) is 9.99 Å². The summed E-state index contributed by atoms with van der Waals surface area (Å²) in [4.78, 5) is 12.4. The van der Waals surface area contributed by atoms with Crippen molar-refractivity contribution in [1.29, 1.82) is 0 Å². The molecule has 3 aromatic rings. The van der Waals surface area contributed by atoms with Gasteiger partial charge in [-0.1, -0.05) is 24.3 Å². The smallest absolute Gasteiger partial charge is 0.318 e. The average Bonchev–Trinajstić information content (AvgIpc) is 3.04. The number of sulfonamides is 1. The number of amides is 1. The maximum absolute atomic E-state index is 13.0. The molecule has 2 aromatic carbocycles. The molecular formula is C24H25F3N4O3S. The second-order valence-corrected chi connectivity index (χ2v) is 9.97. The molecule has 35 heavy (non-hydrogen) atoms. The third kappa shape index (κ3) is 6.10. The Bertz CT molecular complexity index is 1380. The summed E-state index contributed by atoms with van der Waals surface area (Å²) in [7, 11) is -4.05. The Morgan fingerprint density at radius 2 is 1.77 bits per heavy atom. The Labute approximate surface area is 201 Å². The van der Waals surface area contributed by atoms with Crippen LogP contribution in [0.2, 0.25) is 0 Å². The SMILES string of the molecule is Cc1ccccc1-n1c(C)cc(/C=N\NC(=O)CN(c2cccc(C(F)(F)F)c2)S(C)(=O)=O)c1C. The molecule has 0 fully saturated rings. The van der Waals surface area contributed by atoms with Gasteiger partial charge >= 0.3 is 6.18 Å². The highest BCUT2D eigenvalue weighted by molar-refractivity contribution is 7.92. The van der Waals surface area contributed by atoms with E-state index in [2.05, 4.69) is 15.1 Å². The van der Waals surface area contributed by atoms with Crippen molar-refractivity contribution in [3.8, 4) is 5.69 Å². The molecule has 11 heteroatoms. The van der Waals surface area contributed by atoms with Gasteiger partial charge in [-0.15, -0.1) is 0 Å². The summed E-state index contributed by atoms with van der Waals surface area (Å²) < 4.78 is 66.2. The van der Waals surface area contributed by atoms with Gasteiger partial charge in [0.05, 0.1) is 23.7 Å². The molecule has 0 saturated heterocycles. The van der Waals surface area contributed by atoms with Crippen LogP contribution in [0.25, 0.3) is 5.69 Å². The zero-order valence-electron chi connectivity index (χ0n) is 19.6. The van der Waals surface area contributed by atoms with E-state index in [9.17, 15) is 26.4 Å². The lowest BCUT2D eigenvalue weighted by atomic mass is 10.2. The number of nitrogens with zero attached hydrogens (tertiary/aromatic N) is 3. The van der Waals surface area contributed by atoms with Crippen LogP contribution in [0, 0.1) is 20.8 Å². The number of nitrogens with one attached hydrogen (secondary N) is 1. The standard InChI is InChI=1S/C24H25F3N4O3S/c1-16-8-5-6-11-22(16)31-17(2)12-19(18(31)3)14-28-29-23(32)15-30(35(4,33)34)21-10-7-9-20(13-21)24(25,26)27/h5-14H,15H2,1-4H3,(H,29,32)/b28-14-. The van der Waals surface area contributed by atoms with Crippen LogP contribution < -0.4 is 9.73 Å². The van der Waals surface area contributed by atoms with Crippen molar-refractivity contribution >= 4 is 27.8 Å². The second-order valence-electron chi connectivity index (χ2n) is 8.06. The highest BCUT2D eigenvalue weighted by Gasteiger charge is 2.32. The number of rotatable bonds is 7. The Balaban J connectivity index is 1.78. The molecule has 0 spiro atoms. The molecule has 0 saturated carbocycles. The van der Waals surface area contributed by atoms with Crippen molar-refractivity contribution in [2.24, 2.45) is 5.10 Å². The highest BCUT2D eigenvalue weighted by Crippen LogP contribution is 2.32. The number of alkyl halides is 3. The minimum absolute atomic E-state index is 0.275. The number of hydrazone groups is 1. The molecule has 7 nitrogen and oxygen atoms in total. The lowest BCUT2D eigenvalue weighted by molar-refractivity contribution is -0.137. The minimum Gasteiger partial charge on any atom is -0.318 e. The first-order chi connectivity index (χ1) is 16.3. The number of halogens is 3. The second kappa shape index (κ2) is 9.95. The number of benzene rings is 2. The van der Waals surface area contributed by atoms with Gasteiger partial charge in [0.1, 0.15) is 6.54 Å². The molecule has 1 aromatic heterocycles. The van der Waals surface area contributed by atoms with Crippen LogP contribution in [0.4, 0.5) is 18.9 Å². The minimum atomic E-state index is -4.66. The van der Waals surface area contributed by atoms with E-state index in [1.165, 1.54) is 12.3 Å². The Morgan fingerprint density at radius 1 is 1.09 bits per heavy atom. The van der Waals surface area contributed by atoms with E-state index < -0.39 is 34.2 Å². The summed E-state index contributed by atoms with van der Waals surface area (Å²) in [5, 5.41) is 3.92. The van der Waals surface area contributed by atoms with Gasteiger partial charge in [-0.05, 0) is 56.7 Å². The maximum atomic E-state index is 13.0. The third-order valence-corrected chi connectivity index (χ3v) is 6.51. The van der Waals surface area contributed by atoms with Gasteiger partial charge in [-0.25, -0.2) is 13.8 Å². The third-order valence-electron chi connectivity index (χ3n) is 5.37. The van der Waals surface area contributed by atoms with E-state index in [4.69, 9.17) is 0 Å². The number of hydrogen-bond donors (Lipinski definition) is 1. The van der Waals surface area contributed by atoms with Crippen LogP contribution in [0.1, 0.15) is 28.1 Å². The first kappa shape index (κ1) is 26.0. The summed E-state index contributed by atoms with van der Waals surface area (Å²) in [6.07, 6.45) is -2.41. The topological polar surface area (TPSA) is 83.8 Å². The molecule has 0 aliphatic heterocycles. The number of hydrogen-bond acceptors (Lipinski definition) is 4. The average molecular weight is 507 g/mol. The lowest BCUT2D eigenvalue weighted by Crippen LogP contribution is -2.39. The van der Waals surface area contributed by atoms with Gasteiger partial charge < -0.3 is 4.57 Å². The predicted octanol–water partition coefficient (Wildman–Crippen LogP) is 4.34. The molecule has 1 amide bonds. The molecule has 0 atom stereocenters. The number of aromatic nitrogens is 1. The summed E-state index contributed by atoms with van der Waals surface area (Å²) >= 11 is 0. The molecule has 0 bridgehead atoms. The van der Waals surface area contributed by atoms with Gasteiger partial charge in [0.2, 0.25) is 10.0 Å². The van der Waals surface area contributed by atoms with Crippen molar-refractivity contribution in [2.75, 3.05) is 17.1 Å². The van der Waals surface area contributed by atoms with Gasteiger partial charge in [-0.3, -0.25) is 9.10 Å². The molecular weight excluding hydrogens is 481 g/mol. The summed E-state index contributed by atoms with van der Waals surface area (Å²) in [6.45, 7) is 5.11. The van der Waals surface area contributed by atoms with Crippen LogP contribution in [-0.2, 0) is 21.0 Å². The Hall–Kier alpha value is -3.60. The van der Waals surface area contributed by atoms with Crippen LogP contribution in [0.15, 0.2) is 59.7 Å². The molecule has 0 aliphatic rings.